The second-order valence-electron chi connectivity index (χ2n) is 9.06. The largest absolute Gasteiger partial charge is 0.348 e. The summed E-state index contributed by atoms with van der Waals surface area (Å²) in [7, 11) is 0. The molecule has 0 spiro atoms. The second-order valence-corrected chi connectivity index (χ2v) is 9.06. The number of aryl methyl sites for hydroxylation is 1. The van der Waals surface area contributed by atoms with Gasteiger partial charge in [-0.05, 0) is 67.0 Å². The second kappa shape index (κ2) is 8.73. The van der Waals surface area contributed by atoms with E-state index in [4.69, 9.17) is 0 Å². The van der Waals surface area contributed by atoms with E-state index in [1.54, 1.807) is 12.4 Å². The highest BCUT2D eigenvalue weighted by Crippen LogP contribution is 2.30. The average Bonchev–Trinajstić information content (AvgIpc) is 3.49. The van der Waals surface area contributed by atoms with Crippen LogP contribution in [0.25, 0.3) is 11.0 Å². The molecule has 2 N–H and O–H groups in total. The van der Waals surface area contributed by atoms with E-state index in [-0.39, 0.29) is 11.8 Å². The number of fused-ring (bicyclic) bond motifs is 2. The number of carbonyl (C=O) groups is 2. The highest BCUT2D eigenvalue weighted by molar-refractivity contribution is 5.97. The maximum absolute atomic E-state index is 12.8. The molecule has 32 heavy (non-hydrogen) atoms. The van der Waals surface area contributed by atoms with Crippen molar-refractivity contribution in [1.29, 1.82) is 0 Å². The van der Waals surface area contributed by atoms with Crippen LogP contribution < -0.4 is 5.32 Å². The third kappa shape index (κ3) is 4.11. The molecule has 2 aliphatic rings. The normalized spacial score (nSPS) is 16.3. The van der Waals surface area contributed by atoms with E-state index in [1.165, 1.54) is 31.2 Å². The number of hydrogen-bond acceptors (Lipinski definition) is 4. The van der Waals surface area contributed by atoms with Gasteiger partial charge < -0.3 is 15.2 Å². The van der Waals surface area contributed by atoms with Gasteiger partial charge in [0.05, 0.1) is 17.4 Å². The highest BCUT2D eigenvalue weighted by Gasteiger charge is 2.26. The van der Waals surface area contributed by atoms with Gasteiger partial charge in [0.15, 0.2) is 0 Å². The van der Waals surface area contributed by atoms with Crippen molar-refractivity contribution < 1.29 is 9.59 Å². The SMILES string of the molecule is Cc1ncc2c(c1CNC(=O)c1ccc3nc[nH]c3c1)CCN(C(=O)CC1CCCC1)C2. The van der Waals surface area contributed by atoms with Crippen LogP contribution in [0, 0.1) is 12.8 Å². The summed E-state index contributed by atoms with van der Waals surface area (Å²) in [6, 6.07) is 5.45. The average molecular weight is 432 g/mol. The van der Waals surface area contributed by atoms with Crippen molar-refractivity contribution >= 4 is 22.8 Å². The Labute approximate surface area is 187 Å². The summed E-state index contributed by atoms with van der Waals surface area (Å²) in [6.45, 7) is 3.76. The molecule has 1 aromatic carbocycles. The minimum Gasteiger partial charge on any atom is -0.348 e. The van der Waals surface area contributed by atoms with Gasteiger partial charge in [-0.15, -0.1) is 0 Å². The first kappa shape index (κ1) is 20.7. The van der Waals surface area contributed by atoms with Gasteiger partial charge in [0.1, 0.15) is 0 Å². The number of nitrogens with zero attached hydrogens (tertiary/aromatic N) is 3. The molecule has 3 aromatic rings. The van der Waals surface area contributed by atoms with E-state index in [0.29, 0.717) is 31.0 Å². The number of imidazole rings is 1. The molecular formula is C25H29N5O2. The van der Waals surface area contributed by atoms with E-state index in [0.717, 1.165) is 40.8 Å². The smallest absolute Gasteiger partial charge is 0.251 e. The molecule has 2 aromatic heterocycles. The van der Waals surface area contributed by atoms with E-state index in [9.17, 15) is 9.59 Å². The minimum atomic E-state index is -0.123. The van der Waals surface area contributed by atoms with Gasteiger partial charge in [-0.25, -0.2) is 4.98 Å². The van der Waals surface area contributed by atoms with E-state index < -0.39 is 0 Å². The summed E-state index contributed by atoms with van der Waals surface area (Å²) in [5.41, 5.74) is 6.61. The molecule has 1 aliphatic heterocycles. The summed E-state index contributed by atoms with van der Waals surface area (Å²) in [4.78, 5) is 39.3. The molecule has 7 nitrogen and oxygen atoms in total. The molecule has 1 aliphatic carbocycles. The van der Waals surface area contributed by atoms with Crippen LogP contribution in [0.5, 0.6) is 0 Å². The number of benzene rings is 1. The van der Waals surface area contributed by atoms with Gasteiger partial charge in [-0.3, -0.25) is 14.6 Å². The standard InChI is InChI=1S/C25H29N5O2/c1-16-21(13-27-25(32)18-6-7-22-23(11-18)29-15-28-22)20-8-9-30(14-19(20)12-26-16)24(31)10-17-4-2-3-5-17/h6-7,11-12,15,17H,2-5,8-10,13-14H2,1H3,(H,27,32)(H,28,29). The van der Waals surface area contributed by atoms with Crippen LogP contribution in [0.15, 0.2) is 30.7 Å². The zero-order valence-electron chi connectivity index (χ0n) is 18.5. The van der Waals surface area contributed by atoms with E-state index in [1.807, 2.05) is 30.2 Å². The Balaban J connectivity index is 1.27. The van der Waals surface area contributed by atoms with Gasteiger partial charge in [0, 0.05) is 43.5 Å². The number of amides is 2. The number of H-pyrrole nitrogens is 1. The zero-order chi connectivity index (χ0) is 22.1. The lowest BCUT2D eigenvalue weighted by atomic mass is 9.94. The van der Waals surface area contributed by atoms with Crippen LogP contribution in [0.1, 0.15) is 64.8 Å². The van der Waals surface area contributed by atoms with Crippen molar-refractivity contribution in [2.75, 3.05) is 6.54 Å². The molecule has 0 unspecified atom stereocenters. The Morgan fingerprint density at radius 1 is 1.22 bits per heavy atom. The molecule has 0 bridgehead atoms. The maximum Gasteiger partial charge on any atom is 0.251 e. The lowest BCUT2D eigenvalue weighted by Gasteiger charge is -2.31. The zero-order valence-corrected chi connectivity index (χ0v) is 18.5. The van der Waals surface area contributed by atoms with Gasteiger partial charge in [-0.2, -0.15) is 0 Å². The lowest BCUT2D eigenvalue weighted by Crippen LogP contribution is -2.37. The topological polar surface area (TPSA) is 91.0 Å². The summed E-state index contributed by atoms with van der Waals surface area (Å²) < 4.78 is 0. The number of aromatic amines is 1. The van der Waals surface area contributed by atoms with Crippen molar-refractivity contribution in [3.8, 4) is 0 Å². The summed E-state index contributed by atoms with van der Waals surface area (Å²) in [5.74, 6) is 0.710. The Kier molecular flexibility index (Phi) is 5.64. The summed E-state index contributed by atoms with van der Waals surface area (Å²) in [6.07, 6.45) is 9.90. The number of rotatable bonds is 5. The molecule has 0 radical (unpaired) electrons. The maximum atomic E-state index is 12.8. The molecule has 166 valence electrons. The molecular weight excluding hydrogens is 402 g/mol. The number of hydrogen-bond donors (Lipinski definition) is 2. The van der Waals surface area contributed by atoms with Gasteiger partial charge >= 0.3 is 0 Å². The van der Waals surface area contributed by atoms with Gasteiger partial charge in [0.25, 0.3) is 5.91 Å². The predicted molar refractivity (Wildman–Crippen MR) is 122 cm³/mol. The van der Waals surface area contributed by atoms with Crippen LogP contribution in [-0.4, -0.2) is 38.2 Å². The van der Waals surface area contributed by atoms with Crippen LogP contribution in [0.3, 0.4) is 0 Å². The molecule has 1 saturated carbocycles. The van der Waals surface area contributed by atoms with Crippen LogP contribution in [0.4, 0.5) is 0 Å². The van der Waals surface area contributed by atoms with Crippen molar-refractivity contribution in [3.63, 3.8) is 0 Å². The quantitative estimate of drug-likeness (QED) is 0.645. The molecule has 0 atom stereocenters. The van der Waals surface area contributed by atoms with Gasteiger partial charge in [0.2, 0.25) is 5.91 Å². The Bertz CT molecular complexity index is 1160. The molecule has 0 saturated heterocycles. The fourth-order valence-electron chi connectivity index (χ4n) is 5.11. The highest BCUT2D eigenvalue weighted by atomic mass is 16.2. The van der Waals surface area contributed by atoms with Crippen LogP contribution in [0.2, 0.25) is 0 Å². The lowest BCUT2D eigenvalue weighted by molar-refractivity contribution is -0.133. The number of nitrogens with one attached hydrogen (secondary N) is 2. The molecule has 3 heterocycles. The van der Waals surface area contributed by atoms with Crippen molar-refractivity contribution in [2.24, 2.45) is 5.92 Å². The Hall–Kier alpha value is -3.22. The Morgan fingerprint density at radius 3 is 2.91 bits per heavy atom. The molecule has 2 amide bonds. The Morgan fingerprint density at radius 2 is 2.06 bits per heavy atom. The fraction of sp³-hybridized carbons (Fsp3) is 0.440. The number of aromatic nitrogens is 3. The molecule has 1 fully saturated rings. The van der Waals surface area contributed by atoms with Gasteiger partial charge in [-0.1, -0.05) is 12.8 Å². The first-order chi connectivity index (χ1) is 15.6. The third-order valence-electron chi connectivity index (χ3n) is 6.99. The molecule has 5 rings (SSSR count). The van der Waals surface area contributed by atoms with Crippen molar-refractivity contribution in [1.82, 2.24) is 25.2 Å². The van der Waals surface area contributed by atoms with Crippen LogP contribution >= 0.6 is 0 Å². The fourth-order valence-corrected chi connectivity index (χ4v) is 5.11. The van der Waals surface area contributed by atoms with E-state index in [2.05, 4.69) is 20.3 Å². The predicted octanol–water partition coefficient (Wildman–Crippen LogP) is 3.66. The van der Waals surface area contributed by atoms with Crippen molar-refractivity contribution in [2.45, 2.75) is 58.5 Å². The minimum absolute atomic E-state index is 0.123. The monoisotopic (exact) mass is 431 g/mol. The molecule has 7 heteroatoms. The number of pyridine rings is 1. The number of carbonyl (C=O) groups excluding carboxylic acids is 2. The van der Waals surface area contributed by atoms with Crippen LogP contribution in [-0.2, 0) is 24.3 Å². The summed E-state index contributed by atoms with van der Waals surface area (Å²) >= 11 is 0. The van der Waals surface area contributed by atoms with E-state index >= 15 is 0 Å². The summed E-state index contributed by atoms with van der Waals surface area (Å²) in [5, 5.41) is 3.05. The third-order valence-corrected chi connectivity index (χ3v) is 6.99. The van der Waals surface area contributed by atoms with Crippen molar-refractivity contribution in [3.05, 3.63) is 58.7 Å². The first-order valence-corrected chi connectivity index (χ1v) is 11.5. The first-order valence-electron chi connectivity index (χ1n) is 11.5.